The summed E-state index contributed by atoms with van der Waals surface area (Å²) in [5.74, 6) is 0.640. The second-order valence-electron chi connectivity index (χ2n) is 6.42. The SMILES string of the molecule is CC(C)NS(=O)(=O)[C@H]1CCN([C@H](C)c2nc3ccccc3o2)C1. The lowest BCUT2D eigenvalue weighted by Crippen LogP contribution is -2.40. The molecule has 1 fully saturated rings. The summed E-state index contributed by atoms with van der Waals surface area (Å²) < 4.78 is 33.1. The molecule has 2 atom stereocenters. The van der Waals surface area contributed by atoms with E-state index in [-0.39, 0.29) is 17.3 Å². The van der Waals surface area contributed by atoms with Crippen LogP contribution in [0.2, 0.25) is 0 Å². The van der Waals surface area contributed by atoms with Gasteiger partial charge in [-0.3, -0.25) is 4.90 Å². The number of aromatic nitrogens is 1. The number of hydrogen-bond acceptors (Lipinski definition) is 5. The van der Waals surface area contributed by atoms with E-state index in [4.69, 9.17) is 4.42 Å². The number of hydrogen-bond donors (Lipinski definition) is 1. The summed E-state index contributed by atoms with van der Waals surface area (Å²) in [6, 6.07) is 7.53. The highest BCUT2D eigenvalue weighted by Gasteiger charge is 2.36. The number of para-hydroxylation sites is 2. The standard InChI is InChI=1S/C16H23N3O3S/c1-11(2)18-23(20,21)13-8-9-19(10-13)12(3)16-17-14-6-4-5-7-15(14)22-16/h4-7,11-13,18H,8-10H2,1-3H3/t12-,13+/m1/s1. The van der Waals surface area contributed by atoms with E-state index in [9.17, 15) is 8.42 Å². The molecule has 0 bridgehead atoms. The fraction of sp³-hybridized carbons (Fsp3) is 0.562. The van der Waals surface area contributed by atoms with Crippen molar-refractivity contribution < 1.29 is 12.8 Å². The molecular weight excluding hydrogens is 314 g/mol. The summed E-state index contributed by atoms with van der Waals surface area (Å²) in [6.07, 6.45) is 0.632. The Morgan fingerprint density at radius 2 is 2.04 bits per heavy atom. The minimum absolute atomic E-state index is 0.0401. The number of nitrogens with zero attached hydrogens (tertiary/aromatic N) is 2. The molecule has 2 heterocycles. The first-order valence-electron chi connectivity index (χ1n) is 7.97. The van der Waals surface area contributed by atoms with Gasteiger partial charge in [0, 0.05) is 19.1 Å². The van der Waals surface area contributed by atoms with Gasteiger partial charge in [0.1, 0.15) is 5.52 Å². The average Bonchev–Trinajstić information content (AvgIpc) is 3.12. The highest BCUT2D eigenvalue weighted by Crippen LogP contribution is 2.28. The number of benzene rings is 1. The molecule has 0 radical (unpaired) electrons. The lowest BCUT2D eigenvalue weighted by atomic mass is 10.3. The van der Waals surface area contributed by atoms with Gasteiger partial charge in [0.25, 0.3) is 0 Å². The smallest absolute Gasteiger partial charge is 0.216 e. The molecule has 1 N–H and O–H groups in total. The Balaban J connectivity index is 1.73. The third-order valence-corrected chi connectivity index (χ3v) is 6.29. The van der Waals surface area contributed by atoms with Crippen LogP contribution in [-0.4, -0.2) is 42.7 Å². The van der Waals surface area contributed by atoms with Gasteiger partial charge in [0.15, 0.2) is 5.58 Å². The second-order valence-corrected chi connectivity index (χ2v) is 8.41. The zero-order valence-electron chi connectivity index (χ0n) is 13.7. The maximum Gasteiger partial charge on any atom is 0.216 e. The van der Waals surface area contributed by atoms with Crippen molar-refractivity contribution in [1.29, 1.82) is 0 Å². The number of likely N-dealkylation sites (tertiary alicyclic amines) is 1. The van der Waals surface area contributed by atoms with Crippen molar-refractivity contribution in [2.45, 2.75) is 44.5 Å². The molecule has 3 rings (SSSR count). The maximum absolute atomic E-state index is 12.3. The molecule has 126 valence electrons. The number of fused-ring (bicyclic) bond motifs is 1. The van der Waals surface area contributed by atoms with Crippen molar-refractivity contribution >= 4 is 21.1 Å². The molecule has 1 aromatic carbocycles. The van der Waals surface area contributed by atoms with Crippen LogP contribution in [0.25, 0.3) is 11.1 Å². The van der Waals surface area contributed by atoms with E-state index >= 15 is 0 Å². The summed E-state index contributed by atoms with van der Waals surface area (Å²) in [7, 11) is -3.28. The van der Waals surface area contributed by atoms with Crippen molar-refractivity contribution in [3.8, 4) is 0 Å². The predicted molar refractivity (Wildman–Crippen MR) is 89.6 cm³/mol. The summed E-state index contributed by atoms with van der Waals surface area (Å²) in [6.45, 7) is 6.91. The lowest BCUT2D eigenvalue weighted by molar-refractivity contribution is 0.228. The van der Waals surface area contributed by atoms with E-state index in [2.05, 4.69) is 14.6 Å². The van der Waals surface area contributed by atoms with Crippen LogP contribution in [0.15, 0.2) is 28.7 Å². The third-order valence-electron chi connectivity index (χ3n) is 4.23. The predicted octanol–water partition coefficient (Wildman–Crippen LogP) is 2.29. The van der Waals surface area contributed by atoms with Crippen molar-refractivity contribution in [1.82, 2.24) is 14.6 Å². The van der Waals surface area contributed by atoms with Gasteiger partial charge in [-0.15, -0.1) is 0 Å². The molecule has 2 aromatic rings. The van der Waals surface area contributed by atoms with Crippen LogP contribution in [0.1, 0.15) is 39.1 Å². The molecule has 1 aromatic heterocycles. The normalized spacial score (nSPS) is 21.3. The molecule has 0 saturated carbocycles. The summed E-state index contributed by atoms with van der Waals surface area (Å²) in [5, 5.41) is -0.378. The second kappa shape index (κ2) is 6.22. The van der Waals surface area contributed by atoms with E-state index in [1.165, 1.54) is 0 Å². The van der Waals surface area contributed by atoms with E-state index in [0.717, 1.165) is 17.6 Å². The Labute approximate surface area is 136 Å². The molecule has 6 nitrogen and oxygen atoms in total. The molecule has 23 heavy (non-hydrogen) atoms. The Morgan fingerprint density at radius 3 is 2.74 bits per heavy atom. The van der Waals surface area contributed by atoms with Gasteiger partial charge in [-0.05, 0) is 39.3 Å². The third kappa shape index (κ3) is 3.41. The van der Waals surface area contributed by atoms with Gasteiger partial charge in [-0.25, -0.2) is 18.1 Å². The Kier molecular flexibility index (Phi) is 4.44. The minimum Gasteiger partial charge on any atom is -0.439 e. The quantitative estimate of drug-likeness (QED) is 0.906. The highest BCUT2D eigenvalue weighted by atomic mass is 32.2. The van der Waals surface area contributed by atoms with Crippen molar-refractivity contribution in [2.24, 2.45) is 0 Å². The van der Waals surface area contributed by atoms with Crippen LogP contribution < -0.4 is 4.72 Å². The summed E-state index contributed by atoms with van der Waals surface area (Å²) >= 11 is 0. The summed E-state index contributed by atoms with van der Waals surface area (Å²) in [4.78, 5) is 6.64. The van der Waals surface area contributed by atoms with Gasteiger partial charge in [0.2, 0.25) is 15.9 Å². The van der Waals surface area contributed by atoms with E-state index < -0.39 is 10.0 Å². The average molecular weight is 337 g/mol. The monoisotopic (exact) mass is 337 g/mol. The van der Waals surface area contributed by atoms with Crippen LogP contribution in [0.5, 0.6) is 0 Å². The van der Waals surface area contributed by atoms with Crippen LogP contribution in [0.4, 0.5) is 0 Å². The number of rotatable bonds is 5. The van der Waals surface area contributed by atoms with E-state index in [0.29, 0.717) is 18.9 Å². The van der Waals surface area contributed by atoms with Crippen LogP contribution in [-0.2, 0) is 10.0 Å². The number of oxazole rings is 1. The molecule has 1 aliphatic rings. The van der Waals surface area contributed by atoms with Gasteiger partial charge in [0.05, 0.1) is 11.3 Å². The van der Waals surface area contributed by atoms with Gasteiger partial charge in [-0.2, -0.15) is 0 Å². The van der Waals surface area contributed by atoms with Crippen LogP contribution in [0, 0.1) is 0 Å². The number of nitrogens with one attached hydrogen (secondary N) is 1. The van der Waals surface area contributed by atoms with Crippen LogP contribution in [0.3, 0.4) is 0 Å². The lowest BCUT2D eigenvalue weighted by Gasteiger charge is -2.21. The van der Waals surface area contributed by atoms with Crippen LogP contribution >= 0.6 is 0 Å². The largest absolute Gasteiger partial charge is 0.439 e. The van der Waals surface area contributed by atoms with Crippen molar-refractivity contribution in [3.05, 3.63) is 30.2 Å². The molecule has 0 spiro atoms. The molecule has 7 heteroatoms. The van der Waals surface area contributed by atoms with E-state index in [1.807, 2.05) is 45.0 Å². The Hall–Kier alpha value is -1.44. The van der Waals surface area contributed by atoms with Gasteiger partial charge >= 0.3 is 0 Å². The fourth-order valence-corrected chi connectivity index (χ4v) is 4.66. The first-order chi connectivity index (χ1) is 10.9. The highest BCUT2D eigenvalue weighted by molar-refractivity contribution is 7.90. The first kappa shape index (κ1) is 16.4. The Morgan fingerprint density at radius 1 is 1.30 bits per heavy atom. The molecule has 0 unspecified atom stereocenters. The molecule has 0 aliphatic carbocycles. The first-order valence-corrected chi connectivity index (χ1v) is 9.52. The number of sulfonamides is 1. The zero-order chi connectivity index (χ0) is 16.6. The van der Waals surface area contributed by atoms with Crippen molar-refractivity contribution in [2.75, 3.05) is 13.1 Å². The topological polar surface area (TPSA) is 75.4 Å². The molecule has 1 saturated heterocycles. The van der Waals surface area contributed by atoms with Crippen molar-refractivity contribution in [3.63, 3.8) is 0 Å². The maximum atomic E-state index is 12.3. The van der Waals surface area contributed by atoms with Gasteiger partial charge < -0.3 is 4.42 Å². The molecular formula is C16H23N3O3S. The molecule has 0 amide bonds. The zero-order valence-corrected chi connectivity index (χ0v) is 14.5. The summed E-state index contributed by atoms with van der Waals surface area (Å²) in [5.41, 5.74) is 1.60. The minimum atomic E-state index is -3.28. The molecule has 1 aliphatic heterocycles. The fourth-order valence-electron chi connectivity index (χ4n) is 3.01. The van der Waals surface area contributed by atoms with Gasteiger partial charge in [-0.1, -0.05) is 12.1 Å². The Bertz CT molecular complexity index is 752. The van der Waals surface area contributed by atoms with E-state index in [1.54, 1.807) is 0 Å².